The number of rotatable bonds is 9. The summed E-state index contributed by atoms with van der Waals surface area (Å²) in [5.41, 5.74) is 1.28. The Labute approximate surface area is 125 Å². The average molecular weight is 277 g/mol. The van der Waals surface area contributed by atoms with Crippen LogP contribution in [0.15, 0.2) is 24.3 Å². The van der Waals surface area contributed by atoms with Crippen molar-refractivity contribution < 1.29 is 4.74 Å². The summed E-state index contributed by atoms with van der Waals surface area (Å²) in [4.78, 5) is 2.56. The third kappa shape index (κ3) is 7.54. The van der Waals surface area contributed by atoms with Gasteiger partial charge in [-0.05, 0) is 37.3 Å². The molecule has 0 N–H and O–H groups in total. The minimum atomic E-state index is 0.728. The molecule has 0 unspecified atom stereocenters. The second-order valence-corrected chi connectivity index (χ2v) is 6.56. The highest BCUT2D eigenvalue weighted by atomic mass is 16.5. The first kappa shape index (κ1) is 17.0. The molecule has 0 amide bonds. The zero-order valence-corrected chi connectivity index (χ0v) is 13.9. The fourth-order valence-corrected chi connectivity index (χ4v) is 2.40. The molecule has 0 bridgehead atoms. The van der Waals surface area contributed by atoms with Crippen molar-refractivity contribution >= 4 is 0 Å². The second kappa shape index (κ2) is 9.02. The average Bonchev–Trinajstić information content (AvgIpc) is 2.35. The highest BCUT2D eigenvalue weighted by Gasteiger charge is 2.09. The predicted molar refractivity (Wildman–Crippen MR) is 87.4 cm³/mol. The van der Waals surface area contributed by atoms with Crippen LogP contribution < -0.4 is 4.74 Å². The van der Waals surface area contributed by atoms with Gasteiger partial charge in [0, 0.05) is 19.6 Å². The molecule has 0 aliphatic carbocycles. The first-order valence-electron chi connectivity index (χ1n) is 7.89. The summed E-state index contributed by atoms with van der Waals surface area (Å²) >= 11 is 0. The topological polar surface area (TPSA) is 12.5 Å². The van der Waals surface area contributed by atoms with Gasteiger partial charge in [0.2, 0.25) is 0 Å². The second-order valence-electron chi connectivity index (χ2n) is 6.56. The quantitative estimate of drug-likeness (QED) is 0.621. The van der Waals surface area contributed by atoms with Crippen molar-refractivity contribution in [1.82, 2.24) is 4.90 Å². The smallest absolute Gasteiger partial charge is 0.119 e. The van der Waals surface area contributed by atoms with Crippen LogP contribution in [0.3, 0.4) is 0 Å². The molecule has 0 aliphatic rings. The van der Waals surface area contributed by atoms with E-state index in [0.717, 1.165) is 37.2 Å². The highest BCUT2D eigenvalue weighted by Crippen LogP contribution is 2.12. The Morgan fingerprint density at radius 2 is 1.50 bits per heavy atom. The molecular weight excluding hydrogens is 246 g/mol. The third-order valence-electron chi connectivity index (χ3n) is 3.16. The van der Waals surface area contributed by atoms with Crippen LogP contribution in [-0.4, -0.2) is 31.1 Å². The first-order valence-corrected chi connectivity index (χ1v) is 7.89. The minimum absolute atomic E-state index is 0.728. The molecule has 0 fully saturated rings. The largest absolute Gasteiger partial charge is 0.494 e. The van der Waals surface area contributed by atoms with E-state index >= 15 is 0 Å². The summed E-state index contributed by atoms with van der Waals surface area (Å²) < 4.78 is 5.79. The molecule has 2 heteroatoms. The Morgan fingerprint density at radius 3 is 2.00 bits per heavy atom. The molecule has 20 heavy (non-hydrogen) atoms. The molecule has 0 aromatic heterocycles. The summed E-state index contributed by atoms with van der Waals surface area (Å²) in [6.07, 6.45) is 1.09. The lowest BCUT2D eigenvalue weighted by molar-refractivity contribution is 0.198. The normalized spacial score (nSPS) is 11.6. The fourth-order valence-electron chi connectivity index (χ4n) is 2.40. The monoisotopic (exact) mass is 277 g/mol. The van der Waals surface area contributed by atoms with Crippen molar-refractivity contribution in [2.75, 3.05) is 26.2 Å². The maximum atomic E-state index is 5.79. The van der Waals surface area contributed by atoms with Gasteiger partial charge in [-0.2, -0.15) is 0 Å². The van der Waals surface area contributed by atoms with Gasteiger partial charge in [-0.15, -0.1) is 0 Å². The first-order chi connectivity index (χ1) is 9.47. The Hall–Kier alpha value is -1.02. The molecule has 0 radical (unpaired) electrons. The van der Waals surface area contributed by atoms with Crippen LogP contribution >= 0.6 is 0 Å². The van der Waals surface area contributed by atoms with Gasteiger partial charge >= 0.3 is 0 Å². The van der Waals surface area contributed by atoms with Crippen molar-refractivity contribution in [3.63, 3.8) is 0 Å². The Balaban J connectivity index is 2.27. The Bertz CT molecular complexity index is 346. The van der Waals surface area contributed by atoms with E-state index in [1.165, 1.54) is 18.7 Å². The van der Waals surface area contributed by atoms with E-state index in [2.05, 4.69) is 63.8 Å². The van der Waals surface area contributed by atoms with Gasteiger partial charge in [-0.1, -0.05) is 45.4 Å². The van der Waals surface area contributed by atoms with Gasteiger partial charge in [0.15, 0.2) is 0 Å². The number of aryl methyl sites for hydroxylation is 1. The van der Waals surface area contributed by atoms with Gasteiger partial charge in [0.25, 0.3) is 0 Å². The molecule has 0 saturated heterocycles. The Morgan fingerprint density at radius 1 is 0.950 bits per heavy atom. The highest BCUT2D eigenvalue weighted by molar-refractivity contribution is 5.26. The number of hydrogen-bond acceptors (Lipinski definition) is 2. The molecule has 2 nitrogen and oxygen atoms in total. The van der Waals surface area contributed by atoms with Crippen molar-refractivity contribution in [2.24, 2.45) is 11.8 Å². The van der Waals surface area contributed by atoms with Crippen LogP contribution in [0.2, 0.25) is 0 Å². The van der Waals surface area contributed by atoms with Gasteiger partial charge in [-0.3, -0.25) is 0 Å². The molecule has 0 spiro atoms. The van der Waals surface area contributed by atoms with E-state index < -0.39 is 0 Å². The maximum absolute atomic E-state index is 5.79. The summed E-state index contributed by atoms with van der Waals surface area (Å²) in [5.74, 6) is 2.44. The summed E-state index contributed by atoms with van der Waals surface area (Å²) in [5, 5.41) is 0. The van der Waals surface area contributed by atoms with Crippen LogP contribution in [0.5, 0.6) is 5.75 Å². The SMILES string of the molecule is Cc1ccc(OCCCN(CC(C)C)CC(C)C)cc1. The summed E-state index contributed by atoms with van der Waals surface area (Å²) in [6.45, 7) is 15.5. The van der Waals surface area contributed by atoms with E-state index in [0.29, 0.717) is 0 Å². The van der Waals surface area contributed by atoms with Crippen LogP contribution in [0.1, 0.15) is 39.7 Å². The molecule has 0 saturated carbocycles. The van der Waals surface area contributed by atoms with Crippen LogP contribution in [0.4, 0.5) is 0 Å². The molecule has 1 aromatic carbocycles. The number of nitrogens with zero attached hydrogens (tertiary/aromatic N) is 1. The third-order valence-corrected chi connectivity index (χ3v) is 3.16. The molecule has 0 atom stereocenters. The maximum Gasteiger partial charge on any atom is 0.119 e. The van der Waals surface area contributed by atoms with Gasteiger partial charge in [0.1, 0.15) is 5.75 Å². The van der Waals surface area contributed by atoms with E-state index in [1.54, 1.807) is 0 Å². The fraction of sp³-hybridized carbons (Fsp3) is 0.667. The van der Waals surface area contributed by atoms with Gasteiger partial charge in [0.05, 0.1) is 6.61 Å². The van der Waals surface area contributed by atoms with Crippen molar-refractivity contribution in [3.8, 4) is 5.75 Å². The lowest BCUT2D eigenvalue weighted by atomic mass is 10.1. The van der Waals surface area contributed by atoms with Gasteiger partial charge in [-0.25, -0.2) is 0 Å². The lowest BCUT2D eigenvalue weighted by Crippen LogP contribution is -2.33. The molecule has 0 heterocycles. The zero-order valence-electron chi connectivity index (χ0n) is 13.9. The number of hydrogen-bond donors (Lipinski definition) is 0. The number of ether oxygens (including phenoxy) is 1. The van der Waals surface area contributed by atoms with E-state index in [9.17, 15) is 0 Å². The van der Waals surface area contributed by atoms with Crippen LogP contribution in [-0.2, 0) is 0 Å². The summed E-state index contributed by atoms with van der Waals surface area (Å²) in [7, 11) is 0. The predicted octanol–water partition coefficient (Wildman–Crippen LogP) is 4.38. The molecule has 1 aromatic rings. The van der Waals surface area contributed by atoms with Crippen LogP contribution in [0.25, 0.3) is 0 Å². The zero-order chi connectivity index (χ0) is 15.0. The van der Waals surface area contributed by atoms with Crippen molar-refractivity contribution in [2.45, 2.75) is 41.0 Å². The minimum Gasteiger partial charge on any atom is -0.494 e. The van der Waals surface area contributed by atoms with Crippen molar-refractivity contribution in [3.05, 3.63) is 29.8 Å². The number of benzene rings is 1. The Kier molecular flexibility index (Phi) is 7.68. The van der Waals surface area contributed by atoms with Crippen molar-refractivity contribution in [1.29, 1.82) is 0 Å². The van der Waals surface area contributed by atoms with Crippen LogP contribution in [0, 0.1) is 18.8 Å². The standard InChI is InChI=1S/C18H31NO/c1-15(2)13-19(14-16(3)4)11-6-12-20-18-9-7-17(5)8-10-18/h7-10,15-16H,6,11-14H2,1-5H3. The van der Waals surface area contributed by atoms with E-state index in [-0.39, 0.29) is 0 Å². The van der Waals surface area contributed by atoms with E-state index in [1.807, 2.05) is 0 Å². The molecule has 0 aliphatic heterocycles. The van der Waals surface area contributed by atoms with Gasteiger partial charge < -0.3 is 9.64 Å². The molecular formula is C18H31NO. The lowest BCUT2D eigenvalue weighted by Gasteiger charge is -2.26. The molecule has 1 rings (SSSR count). The van der Waals surface area contributed by atoms with E-state index in [4.69, 9.17) is 4.74 Å². The molecule has 114 valence electrons. The summed E-state index contributed by atoms with van der Waals surface area (Å²) in [6, 6.07) is 8.29.